The minimum Gasteiger partial charge on any atom is -0.377 e. The lowest BCUT2D eigenvalue weighted by Gasteiger charge is -2.16. The van der Waals surface area contributed by atoms with Crippen molar-refractivity contribution >= 4 is 48.1 Å². The molecule has 218 valence electrons. The van der Waals surface area contributed by atoms with Crippen molar-refractivity contribution in [3.63, 3.8) is 0 Å². The largest absolute Gasteiger partial charge is 0.377 e. The van der Waals surface area contributed by atoms with Crippen LogP contribution in [-0.2, 0) is 23.9 Å². The Kier molecular flexibility index (Phi) is 17.3. The van der Waals surface area contributed by atoms with E-state index in [9.17, 15) is 19.2 Å². The fourth-order valence-corrected chi connectivity index (χ4v) is 6.06. The summed E-state index contributed by atoms with van der Waals surface area (Å²) in [6.07, 6.45) is 6.84. The number of carbonyl (C=O) groups excluding carboxylic acids is 4. The summed E-state index contributed by atoms with van der Waals surface area (Å²) < 4.78 is 10.8. The van der Waals surface area contributed by atoms with Crippen molar-refractivity contribution in [2.45, 2.75) is 75.1 Å². The molecular formula is C25H45N5O6S2. The number of carbonyl (C=O) groups is 4. The van der Waals surface area contributed by atoms with Crippen molar-refractivity contribution < 1.29 is 28.7 Å². The smallest absolute Gasteiger partial charge is 0.315 e. The van der Waals surface area contributed by atoms with Gasteiger partial charge in [0, 0.05) is 49.9 Å². The normalized spacial score (nSPS) is 19.9. The summed E-state index contributed by atoms with van der Waals surface area (Å²) >= 11 is 5.87. The number of urea groups is 1. The maximum absolute atomic E-state index is 12.1. The van der Waals surface area contributed by atoms with Gasteiger partial charge in [-0.2, -0.15) is 24.4 Å². The SMILES string of the molecule is O=C(CCS)NCCOCCOCCNC(=O)CCCCCCNC(=O)CCCC1SCC2NC(=O)NC21. The number of amides is 5. The number of nitrogens with one attached hydrogen (secondary N) is 5. The summed E-state index contributed by atoms with van der Waals surface area (Å²) in [5, 5.41) is 14.9. The van der Waals surface area contributed by atoms with Crippen LogP contribution in [0.5, 0.6) is 0 Å². The van der Waals surface area contributed by atoms with Crippen LogP contribution >= 0.6 is 24.4 Å². The number of unbranched alkanes of at least 4 members (excludes halogenated alkanes) is 3. The number of thioether (sulfide) groups is 1. The molecule has 0 bridgehead atoms. The molecule has 2 fully saturated rings. The van der Waals surface area contributed by atoms with E-state index in [1.54, 1.807) is 0 Å². The van der Waals surface area contributed by atoms with E-state index in [0.717, 1.165) is 44.3 Å². The van der Waals surface area contributed by atoms with Gasteiger partial charge in [-0.05, 0) is 31.4 Å². The third-order valence-corrected chi connectivity index (χ3v) is 8.06. The van der Waals surface area contributed by atoms with E-state index < -0.39 is 0 Å². The molecule has 11 nitrogen and oxygen atoms in total. The van der Waals surface area contributed by atoms with Gasteiger partial charge in [0.15, 0.2) is 0 Å². The molecular weight excluding hydrogens is 530 g/mol. The molecule has 0 saturated carbocycles. The van der Waals surface area contributed by atoms with Gasteiger partial charge in [0.05, 0.1) is 38.5 Å². The van der Waals surface area contributed by atoms with Crippen LogP contribution in [0.1, 0.15) is 57.8 Å². The van der Waals surface area contributed by atoms with Crippen LogP contribution in [0.15, 0.2) is 0 Å². The average molecular weight is 576 g/mol. The first-order chi connectivity index (χ1) is 18.5. The fraction of sp³-hybridized carbons (Fsp3) is 0.840. The quantitative estimate of drug-likeness (QED) is 0.0641. The minimum atomic E-state index is -0.0758. The summed E-state index contributed by atoms with van der Waals surface area (Å²) in [6, 6.07) is 0.343. The molecule has 3 atom stereocenters. The molecule has 3 unspecified atom stereocenters. The summed E-state index contributed by atoms with van der Waals surface area (Å²) in [4.78, 5) is 46.6. The third-order valence-electron chi connectivity index (χ3n) is 6.33. The molecule has 2 aliphatic rings. The molecule has 2 aliphatic heterocycles. The second kappa shape index (κ2) is 20.2. The zero-order chi connectivity index (χ0) is 27.4. The Labute approximate surface area is 235 Å². The molecule has 5 N–H and O–H groups in total. The van der Waals surface area contributed by atoms with Gasteiger partial charge in [-0.1, -0.05) is 12.8 Å². The summed E-state index contributed by atoms with van der Waals surface area (Å²) in [7, 11) is 0. The van der Waals surface area contributed by atoms with E-state index in [0.29, 0.717) is 76.3 Å². The van der Waals surface area contributed by atoms with Crippen molar-refractivity contribution in [3.05, 3.63) is 0 Å². The lowest BCUT2D eigenvalue weighted by atomic mass is 10.0. The van der Waals surface area contributed by atoms with Crippen LogP contribution in [-0.4, -0.2) is 98.7 Å². The number of thiol groups is 1. The minimum absolute atomic E-state index is 0.0230. The summed E-state index contributed by atoms with van der Waals surface area (Å²) in [5.41, 5.74) is 0. The lowest BCUT2D eigenvalue weighted by Crippen LogP contribution is -2.37. The standard InChI is InChI=1S/C25H45N5O6S2/c31-21(27-11-13-35-15-16-36-14-12-28-23(33)9-17-37)7-3-1-2-4-10-26-22(32)8-5-6-20-24-19(18-38-20)29-25(34)30-24/h19-20,24,37H,1-18H2,(H,26,32)(H,27,31)(H,28,33)(H2,29,30,34). The Balaban J connectivity index is 1.29. The van der Waals surface area contributed by atoms with Crippen molar-refractivity contribution in [1.29, 1.82) is 0 Å². The zero-order valence-corrected chi connectivity index (χ0v) is 24.0. The van der Waals surface area contributed by atoms with Gasteiger partial charge in [0.2, 0.25) is 17.7 Å². The zero-order valence-electron chi connectivity index (χ0n) is 22.3. The van der Waals surface area contributed by atoms with E-state index in [2.05, 4.69) is 39.2 Å². The van der Waals surface area contributed by atoms with Gasteiger partial charge in [0.25, 0.3) is 0 Å². The Bertz CT molecular complexity index is 732. The number of rotatable bonds is 22. The highest BCUT2D eigenvalue weighted by Crippen LogP contribution is 2.33. The van der Waals surface area contributed by atoms with E-state index >= 15 is 0 Å². The maximum atomic E-state index is 12.1. The van der Waals surface area contributed by atoms with Crippen LogP contribution in [0, 0.1) is 0 Å². The predicted molar refractivity (Wildman–Crippen MR) is 152 cm³/mol. The summed E-state index contributed by atoms with van der Waals surface area (Å²) in [6.45, 7) is 3.36. The van der Waals surface area contributed by atoms with E-state index in [4.69, 9.17) is 9.47 Å². The first kappa shape index (κ1) is 32.5. The number of hydrogen-bond donors (Lipinski definition) is 6. The van der Waals surface area contributed by atoms with Gasteiger partial charge >= 0.3 is 6.03 Å². The monoisotopic (exact) mass is 575 g/mol. The Morgan fingerprint density at radius 1 is 0.789 bits per heavy atom. The molecule has 0 aromatic heterocycles. The van der Waals surface area contributed by atoms with Crippen LogP contribution in [0.2, 0.25) is 0 Å². The van der Waals surface area contributed by atoms with Crippen LogP contribution in [0.25, 0.3) is 0 Å². The molecule has 2 rings (SSSR count). The highest BCUT2D eigenvalue weighted by Gasteiger charge is 2.42. The lowest BCUT2D eigenvalue weighted by molar-refractivity contribution is -0.122. The second-order valence-electron chi connectivity index (χ2n) is 9.43. The van der Waals surface area contributed by atoms with Crippen LogP contribution in [0.3, 0.4) is 0 Å². The van der Waals surface area contributed by atoms with Crippen molar-refractivity contribution in [3.8, 4) is 0 Å². The van der Waals surface area contributed by atoms with E-state index in [-0.39, 0.29) is 35.8 Å². The van der Waals surface area contributed by atoms with Gasteiger partial charge in [-0.25, -0.2) is 4.79 Å². The van der Waals surface area contributed by atoms with Gasteiger partial charge < -0.3 is 36.1 Å². The molecule has 13 heteroatoms. The molecule has 0 aromatic rings. The predicted octanol–water partition coefficient (Wildman–Crippen LogP) is 0.974. The Morgan fingerprint density at radius 2 is 1.39 bits per heavy atom. The molecule has 5 amide bonds. The molecule has 0 spiro atoms. The summed E-state index contributed by atoms with van der Waals surface area (Å²) in [5.74, 6) is 1.55. The maximum Gasteiger partial charge on any atom is 0.315 e. The first-order valence-corrected chi connectivity index (χ1v) is 15.4. The van der Waals surface area contributed by atoms with E-state index in [1.165, 1.54) is 0 Å². The highest BCUT2D eigenvalue weighted by molar-refractivity contribution is 8.00. The fourth-order valence-electron chi connectivity index (χ4n) is 4.31. The molecule has 38 heavy (non-hydrogen) atoms. The molecule has 0 radical (unpaired) electrons. The topological polar surface area (TPSA) is 147 Å². The van der Waals surface area contributed by atoms with E-state index in [1.807, 2.05) is 11.8 Å². The molecule has 0 aliphatic carbocycles. The first-order valence-electron chi connectivity index (χ1n) is 13.7. The molecule has 2 saturated heterocycles. The van der Waals surface area contributed by atoms with Crippen LogP contribution in [0.4, 0.5) is 4.79 Å². The Hall–Kier alpha value is -1.70. The van der Waals surface area contributed by atoms with Gasteiger partial charge in [-0.15, -0.1) is 0 Å². The second-order valence-corrected chi connectivity index (χ2v) is 11.1. The Morgan fingerprint density at radius 3 is 2.08 bits per heavy atom. The average Bonchev–Trinajstić information content (AvgIpc) is 3.44. The van der Waals surface area contributed by atoms with Crippen molar-refractivity contribution in [2.24, 2.45) is 0 Å². The molecule has 2 heterocycles. The van der Waals surface area contributed by atoms with Crippen molar-refractivity contribution in [2.75, 3.05) is 57.6 Å². The molecule has 0 aromatic carbocycles. The number of fused-ring (bicyclic) bond motifs is 1. The highest BCUT2D eigenvalue weighted by atomic mass is 32.2. The van der Waals surface area contributed by atoms with Gasteiger partial charge in [0.1, 0.15) is 0 Å². The number of ether oxygens (including phenoxy) is 2. The van der Waals surface area contributed by atoms with Crippen LogP contribution < -0.4 is 26.6 Å². The van der Waals surface area contributed by atoms with Crippen molar-refractivity contribution in [1.82, 2.24) is 26.6 Å². The van der Waals surface area contributed by atoms with Gasteiger partial charge in [-0.3, -0.25) is 14.4 Å². The number of hydrogen-bond acceptors (Lipinski definition) is 8. The third kappa shape index (κ3) is 14.5.